The number of fused-ring (bicyclic) bond motifs is 1. The Bertz CT molecular complexity index is 616. The summed E-state index contributed by atoms with van der Waals surface area (Å²) in [4.78, 5) is 16.0. The van der Waals surface area contributed by atoms with E-state index in [0.29, 0.717) is 0 Å². The molecule has 0 amide bonds. The molecule has 5 heteroatoms. The van der Waals surface area contributed by atoms with Crippen molar-refractivity contribution in [2.45, 2.75) is 34.6 Å². The molecule has 0 aromatic carbocycles. The average Bonchev–Trinajstić information content (AvgIpc) is 2.48. The van der Waals surface area contributed by atoms with Gasteiger partial charge >= 0.3 is 0 Å². The van der Waals surface area contributed by atoms with Gasteiger partial charge in [-0.05, 0) is 26.8 Å². The molecular formula is C16H24N4O. The van der Waals surface area contributed by atoms with E-state index in [1.807, 2.05) is 40.7 Å². The zero-order valence-corrected chi connectivity index (χ0v) is 13.6. The molecule has 0 unspecified atom stereocenters. The molecular weight excluding hydrogens is 264 g/mol. The van der Waals surface area contributed by atoms with Gasteiger partial charge < -0.3 is 9.64 Å². The van der Waals surface area contributed by atoms with Crippen LogP contribution in [0.1, 0.15) is 31.1 Å². The van der Waals surface area contributed by atoms with Crippen LogP contribution in [0.25, 0.3) is 10.9 Å². The third kappa shape index (κ3) is 3.29. The van der Waals surface area contributed by atoms with Gasteiger partial charge in [0.2, 0.25) is 0 Å². The Kier molecular flexibility index (Phi) is 5.07. The Labute approximate surface area is 126 Å². The lowest BCUT2D eigenvalue weighted by atomic mass is 10.2. The fourth-order valence-electron chi connectivity index (χ4n) is 2.59. The number of aromatic nitrogens is 3. The van der Waals surface area contributed by atoms with Crippen molar-refractivity contribution in [3.05, 3.63) is 23.3 Å². The first-order chi connectivity index (χ1) is 10.1. The van der Waals surface area contributed by atoms with Crippen LogP contribution in [0.15, 0.2) is 6.07 Å². The Morgan fingerprint density at radius 3 is 2.33 bits per heavy atom. The van der Waals surface area contributed by atoms with Crippen molar-refractivity contribution < 1.29 is 4.74 Å². The standard InChI is InChI=1S/C14H18N4O.C2H6/c1-9-8-12-13(10(2)15-9)14(17-11(3)16-12)18-4-6-19-7-5-18;1-2/h8H,4-7H2,1-3H3;1-2H3. The van der Waals surface area contributed by atoms with Crippen molar-refractivity contribution in [1.82, 2.24) is 15.0 Å². The normalized spacial score (nSPS) is 14.8. The van der Waals surface area contributed by atoms with Crippen LogP contribution in [0.3, 0.4) is 0 Å². The van der Waals surface area contributed by atoms with E-state index in [0.717, 1.165) is 60.2 Å². The first-order valence-corrected chi connectivity index (χ1v) is 7.60. The molecule has 0 N–H and O–H groups in total. The summed E-state index contributed by atoms with van der Waals surface area (Å²) in [5.74, 6) is 1.80. The van der Waals surface area contributed by atoms with Gasteiger partial charge in [-0.2, -0.15) is 0 Å². The summed E-state index contributed by atoms with van der Waals surface area (Å²) >= 11 is 0. The number of pyridine rings is 1. The highest BCUT2D eigenvalue weighted by atomic mass is 16.5. The van der Waals surface area contributed by atoms with Gasteiger partial charge in [0.05, 0.1) is 29.8 Å². The molecule has 0 atom stereocenters. The summed E-state index contributed by atoms with van der Waals surface area (Å²) in [6, 6.07) is 2.03. The monoisotopic (exact) mass is 288 g/mol. The predicted octanol–water partition coefficient (Wildman–Crippen LogP) is 2.81. The predicted molar refractivity (Wildman–Crippen MR) is 85.9 cm³/mol. The molecule has 1 saturated heterocycles. The Morgan fingerprint density at radius 1 is 1.00 bits per heavy atom. The van der Waals surface area contributed by atoms with Gasteiger partial charge in [-0.1, -0.05) is 13.8 Å². The molecule has 2 aromatic heterocycles. The molecule has 1 aliphatic heterocycles. The number of hydrogen-bond acceptors (Lipinski definition) is 5. The third-order valence-electron chi connectivity index (χ3n) is 3.39. The molecule has 21 heavy (non-hydrogen) atoms. The van der Waals surface area contributed by atoms with E-state index in [4.69, 9.17) is 4.74 Å². The van der Waals surface area contributed by atoms with Gasteiger partial charge in [0.25, 0.3) is 0 Å². The minimum absolute atomic E-state index is 0.753. The van der Waals surface area contributed by atoms with Gasteiger partial charge in [0, 0.05) is 18.8 Å². The van der Waals surface area contributed by atoms with E-state index < -0.39 is 0 Å². The topological polar surface area (TPSA) is 51.1 Å². The fraction of sp³-hybridized carbons (Fsp3) is 0.562. The summed E-state index contributed by atoms with van der Waals surface area (Å²) < 4.78 is 5.41. The largest absolute Gasteiger partial charge is 0.378 e. The minimum atomic E-state index is 0.753. The number of ether oxygens (including phenoxy) is 1. The van der Waals surface area contributed by atoms with Gasteiger partial charge in [0.1, 0.15) is 11.6 Å². The number of nitrogens with zero attached hydrogens (tertiary/aromatic N) is 4. The highest BCUT2D eigenvalue weighted by molar-refractivity contribution is 5.91. The second kappa shape index (κ2) is 6.80. The van der Waals surface area contributed by atoms with Crippen LogP contribution >= 0.6 is 0 Å². The highest BCUT2D eigenvalue weighted by Crippen LogP contribution is 2.27. The van der Waals surface area contributed by atoms with Crippen molar-refractivity contribution in [1.29, 1.82) is 0 Å². The van der Waals surface area contributed by atoms with Gasteiger partial charge in [0.15, 0.2) is 0 Å². The van der Waals surface area contributed by atoms with E-state index in [2.05, 4.69) is 19.9 Å². The number of morpholine rings is 1. The lowest BCUT2D eigenvalue weighted by Gasteiger charge is -2.29. The maximum Gasteiger partial charge on any atom is 0.142 e. The first-order valence-electron chi connectivity index (χ1n) is 7.60. The Balaban J connectivity index is 0.000000774. The second-order valence-electron chi connectivity index (χ2n) is 4.94. The maximum atomic E-state index is 5.41. The van der Waals surface area contributed by atoms with Gasteiger partial charge in [-0.25, -0.2) is 9.97 Å². The Morgan fingerprint density at radius 2 is 1.67 bits per heavy atom. The Hall–Kier alpha value is -1.75. The lowest BCUT2D eigenvalue weighted by Crippen LogP contribution is -2.37. The van der Waals surface area contributed by atoms with Crippen LogP contribution in [-0.4, -0.2) is 41.3 Å². The molecule has 0 saturated carbocycles. The number of hydrogen-bond donors (Lipinski definition) is 0. The molecule has 0 aliphatic carbocycles. The quantitative estimate of drug-likeness (QED) is 0.807. The number of rotatable bonds is 1. The van der Waals surface area contributed by atoms with E-state index in [1.165, 1.54) is 0 Å². The zero-order valence-electron chi connectivity index (χ0n) is 13.6. The van der Waals surface area contributed by atoms with Gasteiger partial charge in [-0.15, -0.1) is 0 Å². The summed E-state index contributed by atoms with van der Waals surface area (Å²) in [5, 5.41) is 1.07. The molecule has 2 aromatic rings. The van der Waals surface area contributed by atoms with Crippen LogP contribution in [-0.2, 0) is 4.74 Å². The molecule has 0 spiro atoms. The molecule has 0 radical (unpaired) electrons. The molecule has 0 bridgehead atoms. The van der Waals surface area contributed by atoms with Crippen LogP contribution < -0.4 is 4.90 Å². The molecule has 114 valence electrons. The van der Waals surface area contributed by atoms with E-state index in [9.17, 15) is 0 Å². The summed E-state index contributed by atoms with van der Waals surface area (Å²) in [6.45, 7) is 13.2. The molecule has 5 nitrogen and oxygen atoms in total. The summed E-state index contributed by atoms with van der Waals surface area (Å²) in [6.07, 6.45) is 0. The smallest absolute Gasteiger partial charge is 0.142 e. The van der Waals surface area contributed by atoms with E-state index in [1.54, 1.807) is 0 Å². The van der Waals surface area contributed by atoms with Crippen molar-refractivity contribution >= 4 is 16.7 Å². The van der Waals surface area contributed by atoms with Crippen LogP contribution in [0.5, 0.6) is 0 Å². The average molecular weight is 288 g/mol. The molecule has 3 heterocycles. The maximum absolute atomic E-state index is 5.41. The molecule has 1 fully saturated rings. The van der Waals surface area contributed by atoms with Crippen molar-refractivity contribution in [3.8, 4) is 0 Å². The van der Waals surface area contributed by atoms with Crippen molar-refractivity contribution in [2.75, 3.05) is 31.2 Å². The van der Waals surface area contributed by atoms with Crippen LogP contribution in [0.2, 0.25) is 0 Å². The fourth-order valence-corrected chi connectivity index (χ4v) is 2.59. The molecule has 3 rings (SSSR count). The van der Waals surface area contributed by atoms with Gasteiger partial charge in [-0.3, -0.25) is 4.98 Å². The van der Waals surface area contributed by atoms with Crippen molar-refractivity contribution in [2.24, 2.45) is 0 Å². The number of anilines is 1. The van der Waals surface area contributed by atoms with Crippen molar-refractivity contribution in [3.63, 3.8) is 0 Å². The third-order valence-corrected chi connectivity index (χ3v) is 3.39. The SMILES string of the molecule is CC.Cc1cc2nc(C)nc(N3CCOCC3)c2c(C)n1. The second-order valence-corrected chi connectivity index (χ2v) is 4.94. The van der Waals surface area contributed by atoms with Crippen LogP contribution in [0, 0.1) is 20.8 Å². The summed E-state index contributed by atoms with van der Waals surface area (Å²) in [7, 11) is 0. The lowest BCUT2D eigenvalue weighted by molar-refractivity contribution is 0.122. The molecule has 1 aliphatic rings. The zero-order chi connectivity index (χ0) is 15.4. The van der Waals surface area contributed by atoms with Crippen LogP contribution in [0.4, 0.5) is 5.82 Å². The highest BCUT2D eigenvalue weighted by Gasteiger charge is 2.18. The summed E-state index contributed by atoms with van der Waals surface area (Å²) in [5.41, 5.74) is 2.98. The van der Waals surface area contributed by atoms with E-state index >= 15 is 0 Å². The number of aryl methyl sites for hydroxylation is 3. The van der Waals surface area contributed by atoms with E-state index in [-0.39, 0.29) is 0 Å². The first kappa shape index (κ1) is 15.6. The minimum Gasteiger partial charge on any atom is -0.378 e.